The number of fused-ring (bicyclic) bond motifs is 1. The average molecular weight is 407 g/mol. The number of para-hydroxylation sites is 1. The van der Waals surface area contributed by atoms with Gasteiger partial charge in [0.2, 0.25) is 5.91 Å². The Morgan fingerprint density at radius 2 is 1.62 bits per heavy atom. The minimum atomic E-state index is -0.411. The minimum Gasteiger partial charge on any atom is -0.325 e. The molecule has 4 nitrogen and oxygen atoms in total. The lowest BCUT2D eigenvalue weighted by Gasteiger charge is -2.09. The molecule has 1 heterocycles. The molecule has 144 valence electrons. The summed E-state index contributed by atoms with van der Waals surface area (Å²) in [4.78, 5) is 21.3. The molecule has 0 saturated heterocycles. The lowest BCUT2D eigenvalue weighted by Crippen LogP contribution is -2.14. The van der Waals surface area contributed by atoms with Crippen LogP contribution in [0.1, 0.15) is 0 Å². The van der Waals surface area contributed by atoms with Crippen LogP contribution in [-0.4, -0.2) is 21.6 Å². The maximum absolute atomic E-state index is 13.8. The minimum absolute atomic E-state index is 0.0976. The van der Waals surface area contributed by atoms with E-state index in [9.17, 15) is 13.6 Å². The molecule has 7 heteroatoms. The molecule has 1 N–H and O–H groups in total. The smallest absolute Gasteiger partial charge is 0.234 e. The predicted octanol–water partition coefficient (Wildman–Crippen LogP) is 5.31. The van der Waals surface area contributed by atoms with Crippen LogP contribution in [0.5, 0.6) is 0 Å². The van der Waals surface area contributed by atoms with Crippen molar-refractivity contribution >= 4 is 34.3 Å². The summed E-state index contributed by atoms with van der Waals surface area (Å²) in [6.45, 7) is 0. The maximum Gasteiger partial charge on any atom is 0.234 e. The van der Waals surface area contributed by atoms with Crippen molar-refractivity contribution in [3.05, 3.63) is 84.4 Å². The molecule has 3 aromatic carbocycles. The maximum atomic E-state index is 13.8. The zero-order valence-electron chi connectivity index (χ0n) is 15.1. The topological polar surface area (TPSA) is 54.9 Å². The van der Waals surface area contributed by atoms with E-state index in [1.807, 2.05) is 18.2 Å². The lowest BCUT2D eigenvalue weighted by atomic mass is 10.2. The van der Waals surface area contributed by atoms with E-state index in [1.165, 1.54) is 36.0 Å². The van der Waals surface area contributed by atoms with Gasteiger partial charge in [-0.25, -0.2) is 18.7 Å². The molecule has 4 aromatic rings. The molecule has 0 aliphatic rings. The van der Waals surface area contributed by atoms with Crippen LogP contribution in [0.4, 0.5) is 14.5 Å². The number of amides is 1. The Bertz CT molecular complexity index is 1170. The van der Waals surface area contributed by atoms with Gasteiger partial charge in [-0.3, -0.25) is 4.79 Å². The van der Waals surface area contributed by atoms with Crippen molar-refractivity contribution in [2.75, 3.05) is 11.1 Å². The van der Waals surface area contributed by atoms with Crippen LogP contribution >= 0.6 is 11.8 Å². The van der Waals surface area contributed by atoms with Crippen LogP contribution < -0.4 is 5.32 Å². The third-order valence-electron chi connectivity index (χ3n) is 4.12. The molecule has 4 rings (SSSR count). The monoisotopic (exact) mass is 407 g/mol. The third kappa shape index (κ3) is 4.57. The van der Waals surface area contributed by atoms with Crippen LogP contribution in [0.3, 0.4) is 0 Å². The molecule has 0 fully saturated rings. The molecule has 0 radical (unpaired) electrons. The number of thioether (sulfide) groups is 1. The number of carbonyl (C=O) groups excluding carboxylic acids is 1. The fourth-order valence-electron chi connectivity index (χ4n) is 2.76. The number of anilines is 1. The Balaban J connectivity index is 1.63. The SMILES string of the molecule is O=C(CSc1nc(-c2ccc(F)cc2)nc2ccc(F)cc12)Nc1ccccc1. The second kappa shape index (κ2) is 8.36. The van der Waals surface area contributed by atoms with E-state index < -0.39 is 5.82 Å². The van der Waals surface area contributed by atoms with Crippen molar-refractivity contribution in [1.82, 2.24) is 9.97 Å². The molecule has 0 spiro atoms. The number of carbonyl (C=O) groups is 1. The molecule has 0 aliphatic heterocycles. The van der Waals surface area contributed by atoms with Crippen molar-refractivity contribution in [2.24, 2.45) is 0 Å². The van der Waals surface area contributed by atoms with Crippen molar-refractivity contribution in [3.63, 3.8) is 0 Å². The molecule has 1 aromatic heterocycles. The first kappa shape index (κ1) is 19.0. The van der Waals surface area contributed by atoms with Gasteiger partial charge in [0.05, 0.1) is 11.3 Å². The molecule has 0 atom stereocenters. The number of aromatic nitrogens is 2. The van der Waals surface area contributed by atoms with Gasteiger partial charge in [-0.2, -0.15) is 0 Å². The second-order valence-electron chi connectivity index (χ2n) is 6.22. The van der Waals surface area contributed by atoms with E-state index in [4.69, 9.17) is 0 Å². The van der Waals surface area contributed by atoms with Crippen LogP contribution in [-0.2, 0) is 4.79 Å². The van der Waals surface area contributed by atoms with Gasteiger partial charge in [0.25, 0.3) is 0 Å². The molecular formula is C22H15F2N3OS. The van der Waals surface area contributed by atoms with Crippen LogP contribution in [0.2, 0.25) is 0 Å². The Morgan fingerprint density at radius 1 is 0.897 bits per heavy atom. The summed E-state index contributed by atoms with van der Waals surface area (Å²) < 4.78 is 27.0. The van der Waals surface area contributed by atoms with Gasteiger partial charge in [-0.05, 0) is 54.6 Å². The Labute approximate surface area is 170 Å². The summed E-state index contributed by atoms with van der Waals surface area (Å²) in [5.74, 6) is -0.488. The van der Waals surface area contributed by atoms with E-state index in [0.717, 1.165) is 0 Å². The van der Waals surface area contributed by atoms with Crippen molar-refractivity contribution in [1.29, 1.82) is 0 Å². The fourth-order valence-corrected chi connectivity index (χ4v) is 3.57. The zero-order valence-corrected chi connectivity index (χ0v) is 15.9. The molecule has 0 unspecified atom stereocenters. The summed E-state index contributed by atoms with van der Waals surface area (Å²) >= 11 is 1.19. The molecule has 29 heavy (non-hydrogen) atoms. The van der Waals surface area contributed by atoms with Crippen LogP contribution in [0.15, 0.2) is 77.8 Å². The largest absolute Gasteiger partial charge is 0.325 e. The third-order valence-corrected chi connectivity index (χ3v) is 5.11. The highest BCUT2D eigenvalue weighted by molar-refractivity contribution is 8.00. The highest BCUT2D eigenvalue weighted by Gasteiger charge is 2.13. The highest BCUT2D eigenvalue weighted by Crippen LogP contribution is 2.29. The standard InChI is InChI=1S/C22H15F2N3OS/c23-15-8-6-14(7-9-15)21-26-19-11-10-16(24)12-18(19)22(27-21)29-13-20(28)25-17-4-2-1-3-5-17/h1-12H,13H2,(H,25,28). The van der Waals surface area contributed by atoms with Crippen molar-refractivity contribution < 1.29 is 13.6 Å². The van der Waals surface area contributed by atoms with Crippen LogP contribution in [0.25, 0.3) is 22.3 Å². The lowest BCUT2D eigenvalue weighted by molar-refractivity contribution is -0.113. The summed E-state index contributed by atoms with van der Waals surface area (Å²) in [6, 6.07) is 19.2. The summed E-state index contributed by atoms with van der Waals surface area (Å²) in [7, 11) is 0. The highest BCUT2D eigenvalue weighted by atomic mass is 32.2. The second-order valence-corrected chi connectivity index (χ2v) is 7.19. The normalized spacial score (nSPS) is 10.8. The quantitative estimate of drug-likeness (QED) is 0.360. The zero-order chi connectivity index (χ0) is 20.2. The van der Waals surface area contributed by atoms with Gasteiger partial charge in [-0.15, -0.1) is 0 Å². The van der Waals surface area contributed by atoms with Gasteiger partial charge in [0.1, 0.15) is 16.7 Å². The van der Waals surface area contributed by atoms with E-state index in [0.29, 0.717) is 33.0 Å². The number of nitrogens with one attached hydrogen (secondary N) is 1. The Kier molecular flexibility index (Phi) is 5.48. The van der Waals surface area contributed by atoms with Gasteiger partial charge in [-0.1, -0.05) is 30.0 Å². The molecule has 1 amide bonds. The Hall–Kier alpha value is -3.32. The summed E-state index contributed by atoms with van der Waals surface area (Å²) in [5, 5.41) is 3.81. The van der Waals surface area contributed by atoms with Gasteiger partial charge in [0, 0.05) is 16.6 Å². The van der Waals surface area contributed by atoms with E-state index in [-0.39, 0.29) is 17.5 Å². The van der Waals surface area contributed by atoms with E-state index in [1.54, 1.807) is 30.3 Å². The number of nitrogens with zero attached hydrogens (tertiary/aromatic N) is 2. The average Bonchev–Trinajstić information content (AvgIpc) is 2.73. The summed E-state index contributed by atoms with van der Waals surface area (Å²) in [5.41, 5.74) is 1.88. The number of hydrogen-bond acceptors (Lipinski definition) is 4. The Morgan fingerprint density at radius 3 is 2.38 bits per heavy atom. The molecule has 0 saturated carbocycles. The first-order valence-electron chi connectivity index (χ1n) is 8.79. The summed E-state index contributed by atoms with van der Waals surface area (Å²) in [6.07, 6.45) is 0. The van der Waals surface area contributed by atoms with E-state index in [2.05, 4.69) is 15.3 Å². The molecule has 0 bridgehead atoms. The van der Waals surface area contributed by atoms with Gasteiger partial charge >= 0.3 is 0 Å². The van der Waals surface area contributed by atoms with Crippen molar-refractivity contribution in [2.45, 2.75) is 5.03 Å². The molecule has 0 aliphatic carbocycles. The van der Waals surface area contributed by atoms with Gasteiger partial charge in [0.15, 0.2) is 5.82 Å². The van der Waals surface area contributed by atoms with Crippen molar-refractivity contribution in [3.8, 4) is 11.4 Å². The van der Waals surface area contributed by atoms with Gasteiger partial charge < -0.3 is 5.32 Å². The number of benzene rings is 3. The number of halogens is 2. The predicted molar refractivity (Wildman–Crippen MR) is 111 cm³/mol. The van der Waals surface area contributed by atoms with Crippen LogP contribution in [0, 0.1) is 11.6 Å². The number of rotatable bonds is 5. The first-order valence-corrected chi connectivity index (χ1v) is 9.78. The number of hydrogen-bond donors (Lipinski definition) is 1. The first-order chi connectivity index (χ1) is 14.1. The van der Waals surface area contributed by atoms with E-state index >= 15 is 0 Å². The molecular weight excluding hydrogens is 392 g/mol. The fraction of sp³-hybridized carbons (Fsp3) is 0.0455.